The standard InChI is InChI=1S/C8H6ClNOS/c1-2-4-11-10-6-7-3-5-12-8(7)9/h1,3,5-6H,4H2/b10-6+. The monoisotopic (exact) mass is 199 g/mol. The molecule has 0 N–H and O–H groups in total. The van der Waals surface area contributed by atoms with E-state index in [1.165, 1.54) is 17.6 Å². The van der Waals surface area contributed by atoms with Crippen LogP contribution in [0, 0.1) is 12.3 Å². The van der Waals surface area contributed by atoms with E-state index in [4.69, 9.17) is 22.9 Å². The minimum atomic E-state index is 0.179. The summed E-state index contributed by atoms with van der Waals surface area (Å²) in [5.74, 6) is 2.30. The lowest BCUT2D eigenvalue weighted by molar-refractivity contribution is 0.181. The maximum absolute atomic E-state index is 5.78. The summed E-state index contributed by atoms with van der Waals surface area (Å²) in [5.41, 5.74) is 0.846. The van der Waals surface area contributed by atoms with Gasteiger partial charge in [-0.05, 0) is 11.4 Å². The molecule has 1 aromatic heterocycles. The van der Waals surface area contributed by atoms with Crippen LogP contribution in [0.2, 0.25) is 4.34 Å². The summed E-state index contributed by atoms with van der Waals surface area (Å²) in [5, 5.41) is 5.50. The Kier molecular flexibility index (Phi) is 3.65. The molecule has 0 saturated heterocycles. The predicted molar refractivity (Wildman–Crippen MR) is 51.7 cm³/mol. The SMILES string of the molecule is C#CCO/N=C/c1ccsc1Cl. The number of nitrogens with zero attached hydrogens (tertiary/aromatic N) is 1. The number of terminal acetylenes is 1. The molecule has 12 heavy (non-hydrogen) atoms. The molecule has 0 amide bonds. The first-order valence-corrected chi connectivity index (χ1v) is 4.42. The van der Waals surface area contributed by atoms with Gasteiger partial charge in [-0.3, -0.25) is 0 Å². The number of rotatable bonds is 3. The molecule has 4 heteroatoms. The maximum atomic E-state index is 5.78. The van der Waals surface area contributed by atoms with Crippen molar-refractivity contribution in [2.24, 2.45) is 5.16 Å². The van der Waals surface area contributed by atoms with Crippen molar-refractivity contribution in [1.29, 1.82) is 0 Å². The zero-order valence-electron chi connectivity index (χ0n) is 6.16. The van der Waals surface area contributed by atoms with E-state index in [2.05, 4.69) is 11.1 Å². The van der Waals surface area contributed by atoms with Gasteiger partial charge in [0.15, 0.2) is 6.61 Å². The Bertz CT molecular complexity index is 313. The van der Waals surface area contributed by atoms with Gasteiger partial charge in [0.1, 0.15) is 4.34 Å². The zero-order chi connectivity index (χ0) is 8.81. The summed E-state index contributed by atoms with van der Waals surface area (Å²) in [6.45, 7) is 0.179. The van der Waals surface area contributed by atoms with Crippen molar-refractivity contribution in [3.8, 4) is 12.3 Å². The second-order valence-corrected chi connectivity index (χ2v) is 3.38. The topological polar surface area (TPSA) is 21.6 Å². The largest absolute Gasteiger partial charge is 0.383 e. The molecule has 1 rings (SSSR count). The first kappa shape index (κ1) is 9.11. The lowest BCUT2D eigenvalue weighted by Crippen LogP contribution is -1.83. The Morgan fingerprint density at radius 3 is 3.25 bits per heavy atom. The van der Waals surface area contributed by atoms with Gasteiger partial charge in [0.2, 0.25) is 0 Å². The molecular weight excluding hydrogens is 194 g/mol. The molecule has 0 fully saturated rings. The van der Waals surface area contributed by atoms with Gasteiger partial charge in [-0.25, -0.2) is 0 Å². The van der Waals surface area contributed by atoms with Crippen LogP contribution in [0.4, 0.5) is 0 Å². The Hall–Kier alpha value is -0.980. The second kappa shape index (κ2) is 4.81. The van der Waals surface area contributed by atoms with Gasteiger partial charge in [-0.1, -0.05) is 22.7 Å². The van der Waals surface area contributed by atoms with Crippen LogP contribution in [-0.2, 0) is 4.84 Å². The molecule has 0 saturated carbocycles. The summed E-state index contributed by atoms with van der Waals surface area (Å²) in [4.78, 5) is 4.69. The zero-order valence-corrected chi connectivity index (χ0v) is 7.73. The fraction of sp³-hybridized carbons (Fsp3) is 0.125. The third kappa shape index (κ3) is 2.57. The van der Waals surface area contributed by atoms with Gasteiger partial charge >= 0.3 is 0 Å². The van der Waals surface area contributed by atoms with Crippen LogP contribution in [0.5, 0.6) is 0 Å². The van der Waals surface area contributed by atoms with E-state index in [0.717, 1.165) is 5.56 Å². The van der Waals surface area contributed by atoms with Crippen LogP contribution in [0.15, 0.2) is 16.6 Å². The molecule has 0 bridgehead atoms. The number of halogens is 1. The average Bonchev–Trinajstić information content (AvgIpc) is 2.46. The van der Waals surface area contributed by atoms with Gasteiger partial charge in [-0.2, -0.15) is 0 Å². The van der Waals surface area contributed by atoms with E-state index >= 15 is 0 Å². The van der Waals surface area contributed by atoms with Gasteiger partial charge in [-0.15, -0.1) is 17.8 Å². The number of oxime groups is 1. The van der Waals surface area contributed by atoms with Crippen molar-refractivity contribution in [2.75, 3.05) is 6.61 Å². The summed E-state index contributed by atoms with van der Waals surface area (Å²) >= 11 is 7.23. The van der Waals surface area contributed by atoms with Crippen molar-refractivity contribution in [1.82, 2.24) is 0 Å². The maximum Gasteiger partial charge on any atom is 0.177 e. The summed E-state index contributed by atoms with van der Waals surface area (Å²) < 4.78 is 0.697. The molecule has 0 spiro atoms. The molecule has 0 radical (unpaired) electrons. The first-order chi connectivity index (χ1) is 5.84. The van der Waals surface area contributed by atoms with Crippen LogP contribution in [0.1, 0.15) is 5.56 Å². The van der Waals surface area contributed by atoms with Gasteiger partial charge in [0.25, 0.3) is 0 Å². The van der Waals surface area contributed by atoms with E-state index in [-0.39, 0.29) is 6.61 Å². The van der Waals surface area contributed by atoms with Crippen LogP contribution in [0.25, 0.3) is 0 Å². The number of hydrogen-bond acceptors (Lipinski definition) is 3. The van der Waals surface area contributed by atoms with Crippen molar-refractivity contribution in [3.05, 3.63) is 21.3 Å². The highest BCUT2D eigenvalue weighted by atomic mass is 35.5. The van der Waals surface area contributed by atoms with E-state index in [9.17, 15) is 0 Å². The summed E-state index contributed by atoms with van der Waals surface area (Å²) in [6, 6.07) is 1.86. The van der Waals surface area contributed by atoms with E-state index < -0.39 is 0 Å². The minimum absolute atomic E-state index is 0.179. The molecule has 0 aliphatic carbocycles. The molecule has 1 aromatic rings. The molecular formula is C8H6ClNOS. The van der Waals surface area contributed by atoms with Crippen LogP contribution in [-0.4, -0.2) is 12.8 Å². The number of thiophene rings is 1. The second-order valence-electron chi connectivity index (χ2n) is 1.86. The van der Waals surface area contributed by atoms with Crippen molar-refractivity contribution in [3.63, 3.8) is 0 Å². The normalized spacial score (nSPS) is 10.0. The smallest absolute Gasteiger partial charge is 0.177 e. The van der Waals surface area contributed by atoms with E-state index in [1.54, 1.807) is 0 Å². The molecule has 1 heterocycles. The van der Waals surface area contributed by atoms with E-state index in [0.29, 0.717) is 4.34 Å². The lowest BCUT2D eigenvalue weighted by atomic mass is 10.4. The minimum Gasteiger partial charge on any atom is -0.383 e. The molecule has 0 aromatic carbocycles. The fourth-order valence-electron chi connectivity index (χ4n) is 0.563. The van der Waals surface area contributed by atoms with Gasteiger partial charge < -0.3 is 4.84 Å². The third-order valence-electron chi connectivity index (χ3n) is 1.06. The molecule has 2 nitrogen and oxygen atoms in total. The van der Waals surface area contributed by atoms with Crippen LogP contribution >= 0.6 is 22.9 Å². The van der Waals surface area contributed by atoms with Crippen LogP contribution < -0.4 is 0 Å². The Labute approximate surface area is 79.8 Å². The Morgan fingerprint density at radius 1 is 1.83 bits per heavy atom. The quantitative estimate of drug-likeness (QED) is 0.317. The molecule has 0 aliphatic heterocycles. The van der Waals surface area contributed by atoms with Crippen LogP contribution in [0.3, 0.4) is 0 Å². The highest BCUT2D eigenvalue weighted by molar-refractivity contribution is 7.14. The lowest BCUT2D eigenvalue weighted by Gasteiger charge is -1.89. The van der Waals surface area contributed by atoms with Crippen molar-refractivity contribution in [2.45, 2.75) is 0 Å². The van der Waals surface area contributed by atoms with Gasteiger partial charge in [0.05, 0.1) is 6.21 Å². The third-order valence-corrected chi connectivity index (χ3v) is 2.26. The highest BCUT2D eigenvalue weighted by Gasteiger charge is 1.96. The summed E-state index contributed by atoms with van der Waals surface area (Å²) in [6.07, 6.45) is 6.48. The first-order valence-electron chi connectivity index (χ1n) is 3.16. The average molecular weight is 200 g/mol. The predicted octanol–water partition coefficient (Wildman–Crippen LogP) is 2.39. The highest BCUT2D eigenvalue weighted by Crippen LogP contribution is 2.20. The molecule has 0 atom stereocenters. The van der Waals surface area contributed by atoms with E-state index in [1.807, 2.05) is 11.4 Å². The molecule has 62 valence electrons. The molecule has 0 aliphatic rings. The van der Waals surface area contributed by atoms with Crippen molar-refractivity contribution < 1.29 is 4.84 Å². The summed E-state index contributed by atoms with van der Waals surface area (Å²) in [7, 11) is 0. The van der Waals surface area contributed by atoms with Gasteiger partial charge in [0, 0.05) is 5.56 Å². The Morgan fingerprint density at radius 2 is 2.67 bits per heavy atom. The fourth-order valence-corrected chi connectivity index (χ4v) is 1.42. The Balaban J connectivity index is 2.47. The number of hydrogen-bond donors (Lipinski definition) is 0. The van der Waals surface area contributed by atoms with Crippen molar-refractivity contribution >= 4 is 29.2 Å². The molecule has 0 unspecified atom stereocenters.